The number of rotatable bonds is 1. The van der Waals surface area contributed by atoms with Crippen LogP contribution in [0.2, 0.25) is 0 Å². The minimum atomic E-state index is 0.219. The molecule has 4 aliphatic rings. The lowest BCUT2D eigenvalue weighted by molar-refractivity contribution is -0.00815. The predicted octanol–water partition coefficient (Wildman–Crippen LogP) is 3.15. The summed E-state index contributed by atoms with van der Waals surface area (Å²) in [5.41, 5.74) is 0.986. The Balaban J connectivity index is 1.61. The van der Waals surface area contributed by atoms with Crippen LogP contribution in [0.5, 0.6) is 0 Å². The standard InChI is InChI=1S/C15H24O2/c1-13-6-4-10(14(2)9-16-14)8-11(13)15(3)12(17-15)5-7-13/h10-12H,4-9H2,1-3H3/t10-,11+,12+,13-,14?,15-/m0/s1. The van der Waals surface area contributed by atoms with Crippen molar-refractivity contribution in [2.24, 2.45) is 17.3 Å². The molecule has 4 fully saturated rings. The molecule has 2 aliphatic heterocycles. The number of hydrogen-bond acceptors (Lipinski definition) is 2. The minimum Gasteiger partial charge on any atom is -0.370 e. The Hall–Kier alpha value is -0.0800. The Bertz CT molecular complexity index is 362. The SMILES string of the molecule is CC1([C@H]2CC[C@@]3(C)CC[C@H]4O[C@@]4(C)[C@@H]3C2)CO1. The summed E-state index contributed by atoms with van der Waals surface area (Å²) in [6, 6.07) is 0. The van der Waals surface area contributed by atoms with Gasteiger partial charge in [0.15, 0.2) is 0 Å². The molecule has 2 aliphatic carbocycles. The first-order valence-corrected chi connectivity index (χ1v) is 7.28. The average Bonchev–Trinajstić information content (AvgIpc) is 3.16. The smallest absolute Gasteiger partial charge is 0.0953 e. The average molecular weight is 236 g/mol. The number of epoxide rings is 2. The molecule has 2 heteroatoms. The van der Waals surface area contributed by atoms with Crippen molar-refractivity contribution in [3.05, 3.63) is 0 Å². The van der Waals surface area contributed by atoms with Crippen LogP contribution in [0.4, 0.5) is 0 Å². The van der Waals surface area contributed by atoms with Gasteiger partial charge in [-0.1, -0.05) is 6.92 Å². The molecular weight excluding hydrogens is 212 g/mol. The molecule has 96 valence electrons. The molecule has 0 bridgehead atoms. The Morgan fingerprint density at radius 3 is 2.47 bits per heavy atom. The van der Waals surface area contributed by atoms with Gasteiger partial charge in [0.1, 0.15) is 0 Å². The van der Waals surface area contributed by atoms with E-state index < -0.39 is 0 Å². The summed E-state index contributed by atoms with van der Waals surface area (Å²) >= 11 is 0. The molecule has 4 rings (SSSR count). The highest BCUT2D eigenvalue weighted by Gasteiger charge is 2.67. The van der Waals surface area contributed by atoms with E-state index in [1.165, 1.54) is 32.1 Å². The molecule has 2 saturated carbocycles. The fraction of sp³-hybridized carbons (Fsp3) is 1.00. The predicted molar refractivity (Wildman–Crippen MR) is 65.8 cm³/mol. The van der Waals surface area contributed by atoms with Crippen LogP contribution in [0, 0.1) is 17.3 Å². The third-order valence-corrected chi connectivity index (χ3v) is 6.54. The summed E-state index contributed by atoms with van der Waals surface area (Å²) in [6.45, 7) is 8.16. The van der Waals surface area contributed by atoms with Gasteiger partial charge in [0, 0.05) is 0 Å². The van der Waals surface area contributed by atoms with Crippen molar-refractivity contribution in [1.82, 2.24) is 0 Å². The first kappa shape index (κ1) is 10.8. The van der Waals surface area contributed by atoms with Crippen molar-refractivity contribution < 1.29 is 9.47 Å². The quantitative estimate of drug-likeness (QED) is 0.653. The fourth-order valence-corrected chi connectivity index (χ4v) is 4.88. The highest BCUT2D eigenvalue weighted by atomic mass is 16.6. The zero-order chi connectivity index (χ0) is 11.9. The van der Waals surface area contributed by atoms with Crippen LogP contribution in [0.25, 0.3) is 0 Å². The Labute approximate surface area is 104 Å². The highest BCUT2D eigenvalue weighted by molar-refractivity contribution is 5.15. The second kappa shape index (κ2) is 2.91. The number of hydrogen-bond donors (Lipinski definition) is 0. The lowest BCUT2D eigenvalue weighted by atomic mass is 9.54. The molecule has 0 amide bonds. The van der Waals surface area contributed by atoms with E-state index in [9.17, 15) is 0 Å². The van der Waals surface area contributed by atoms with Crippen LogP contribution in [0.15, 0.2) is 0 Å². The summed E-state index contributed by atoms with van der Waals surface area (Å²) in [5, 5.41) is 0. The van der Waals surface area contributed by atoms with Gasteiger partial charge in [0.25, 0.3) is 0 Å². The van der Waals surface area contributed by atoms with E-state index >= 15 is 0 Å². The zero-order valence-electron chi connectivity index (χ0n) is 11.3. The Morgan fingerprint density at radius 2 is 1.76 bits per heavy atom. The van der Waals surface area contributed by atoms with E-state index in [1.54, 1.807) is 0 Å². The molecule has 0 aromatic heterocycles. The van der Waals surface area contributed by atoms with Crippen molar-refractivity contribution >= 4 is 0 Å². The van der Waals surface area contributed by atoms with Gasteiger partial charge in [-0.05, 0) is 63.2 Å². The Kier molecular flexibility index (Phi) is 1.85. The summed E-state index contributed by atoms with van der Waals surface area (Å²) < 4.78 is 11.7. The zero-order valence-corrected chi connectivity index (χ0v) is 11.3. The second-order valence-electron chi connectivity index (χ2n) is 7.61. The normalized spacial score (nSPS) is 64.8. The molecule has 0 radical (unpaired) electrons. The molecular formula is C15H24O2. The van der Waals surface area contributed by atoms with E-state index in [4.69, 9.17) is 9.47 Å². The highest BCUT2D eigenvalue weighted by Crippen LogP contribution is 2.65. The number of ether oxygens (including phenoxy) is 2. The fourth-order valence-electron chi connectivity index (χ4n) is 4.88. The van der Waals surface area contributed by atoms with Crippen LogP contribution in [-0.2, 0) is 9.47 Å². The van der Waals surface area contributed by atoms with E-state index in [-0.39, 0.29) is 11.2 Å². The third kappa shape index (κ3) is 1.34. The van der Waals surface area contributed by atoms with Gasteiger partial charge >= 0.3 is 0 Å². The molecule has 2 heterocycles. The molecule has 6 atom stereocenters. The molecule has 0 aromatic carbocycles. The maximum atomic E-state index is 6.04. The van der Waals surface area contributed by atoms with Crippen molar-refractivity contribution in [3.63, 3.8) is 0 Å². The van der Waals surface area contributed by atoms with Gasteiger partial charge in [-0.2, -0.15) is 0 Å². The summed E-state index contributed by atoms with van der Waals surface area (Å²) in [6.07, 6.45) is 7.33. The molecule has 2 saturated heterocycles. The lowest BCUT2D eigenvalue weighted by Crippen LogP contribution is -2.48. The largest absolute Gasteiger partial charge is 0.370 e. The Morgan fingerprint density at radius 1 is 1.06 bits per heavy atom. The van der Waals surface area contributed by atoms with E-state index in [1.807, 2.05) is 0 Å². The second-order valence-corrected chi connectivity index (χ2v) is 7.61. The molecule has 2 nitrogen and oxygen atoms in total. The van der Waals surface area contributed by atoms with Crippen LogP contribution < -0.4 is 0 Å². The van der Waals surface area contributed by atoms with Crippen LogP contribution in [0.3, 0.4) is 0 Å². The van der Waals surface area contributed by atoms with Gasteiger partial charge in [-0.15, -0.1) is 0 Å². The van der Waals surface area contributed by atoms with E-state index in [0.29, 0.717) is 11.5 Å². The van der Waals surface area contributed by atoms with Crippen LogP contribution in [0.1, 0.15) is 52.9 Å². The van der Waals surface area contributed by atoms with Gasteiger partial charge in [-0.25, -0.2) is 0 Å². The minimum absolute atomic E-state index is 0.219. The van der Waals surface area contributed by atoms with Gasteiger partial charge in [0.05, 0.1) is 23.9 Å². The molecule has 0 N–H and O–H groups in total. The first-order valence-electron chi connectivity index (χ1n) is 7.28. The molecule has 0 spiro atoms. The number of fused-ring (bicyclic) bond motifs is 3. The van der Waals surface area contributed by atoms with Crippen molar-refractivity contribution in [2.75, 3.05) is 6.61 Å². The van der Waals surface area contributed by atoms with Gasteiger partial charge in [-0.3, -0.25) is 0 Å². The van der Waals surface area contributed by atoms with E-state index in [2.05, 4.69) is 20.8 Å². The maximum Gasteiger partial charge on any atom is 0.0953 e. The van der Waals surface area contributed by atoms with Crippen molar-refractivity contribution in [2.45, 2.75) is 70.2 Å². The summed E-state index contributed by atoms with van der Waals surface area (Å²) in [5.74, 6) is 1.55. The molecule has 17 heavy (non-hydrogen) atoms. The van der Waals surface area contributed by atoms with E-state index in [0.717, 1.165) is 18.4 Å². The molecule has 0 aromatic rings. The van der Waals surface area contributed by atoms with Crippen molar-refractivity contribution in [1.29, 1.82) is 0 Å². The van der Waals surface area contributed by atoms with Gasteiger partial charge < -0.3 is 9.47 Å². The summed E-state index contributed by atoms with van der Waals surface area (Å²) in [4.78, 5) is 0. The van der Waals surface area contributed by atoms with Crippen LogP contribution >= 0.6 is 0 Å². The molecule has 1 unspecified atom stereocenters. The summed E-state index contributed by atoms with van der Waals surface area (Å²) in [7, 11) is 0. The third-order valence-electron chi connectivity index (χ3n) is 6.54. The van der Waals surface area contributed by atoms with Crippen LogP contribution in [-0.4, -0.2) is 23.9 Å². The monoisotopic (exact) mass is 236 g/mol. The maximum absolute atomic E-state index is 6.04. The van der Waals surface area contributed by atoms with Crippen molar-refractivity contribution in [3.8, 4) is 0 Å². The lowest BCUT2D eigenvalue weighted by Gasteiger charge is -2.49. The topological polar surface area (TPSA) is 25.1 Å². The first-order chi connectivity index (χ1) is 7.96. The van der Waals surface area contributed by atoms with Gasteiger partial charge in [0.2, 0.25) is 0 Å².